The minimum atomic E-state index is -0.179. The van der Waals surface area contributed by atoms with Crippen molar-refractivity contribution in [1.29, 1.82) is 0 Å². The van der Waals surface area contributed by atoms with Gasteiger partial charge in [-0.3, -0.25) is 9.59 Å². The zero-order chi connectivity index (χ0) is 17.3. The van der Waals surface area contributed by atoms with Crippen molar-refractivity contribution in [2.75, 3.05) is 13.1 Å². The highest BCUT2D eigenvalue weighted by Gasteiger charge is 2.31. The van der Waals surface area contributed by atoms with Crippen LogP contribution in [0.4, 0.5) is 0 Å². The van der Waals surface area contributed by atoms with Crippen LogP contribution in [0, 0.1) is 19.8 Å². The molecule has 2 heterocycles. The summed E-state index contributed by atoms with van der Waals surface area (Å²) in [6, 6.07) is 5.31. The van der Waals surface area contributed by atoms with Crippen LogP contribution in [0.5, 0.6) is 0 Å². The number of H-pyrrole nitrogens is 1. The number of aromatic nitrogens is 2. The molecule has 0 unspecified atom stereocenters. The van der Waals surface area contributed by atoms with Gasteiger partial charge in [0.25, 0.3) is 5.91 Å². The van der Waals surface area contributed by atoms with Gasteiger partial charge in [-0.05, 0) is 50.5 Å². The van der Waals surface area contributed by atoms with Crippen LogP contribution in [0.15, 0.2) is 24.5 Å². The minimum Gasteiger partial charge on any atom is -0.348 e. The molecule has 1 aromatic carbocycles. The lowest BCUT2D eigenvalue weighted by atomic mass is 9.88. The summed E-state index contributed by atoms with van der Waals surface area (Å²) in [6.07, 6.45) is 3.13. The van der Waals surface area contributed by atoms with Gasteiger partial charge in [0.15, 0.2) is 5.78 Å². The molecule has 1 aliphatic heterocycles. The predicted octanol–water partition coefficient (Wildman–Crippen LogP) is 3.42. The third-order valence-electron chi connectivity index (χ3n) is 4.57. The van der Waals surface area contributed by atoms with E-state index in [4.69, 9.17) is 11.6 Å². The summed E-state index contributed by atoms with van der Waals surface area (Å²) in [6.45, 7) is 4.81. The van der Waals surface area contributed by atoms with Crippen LogP contribution in [-0.4, -0.2) is 39.6 Å². The van der Waals surface area contributed by atoms with Gasteiger partial charge in [-0.2, -0.15) is 0 Å². The number of aromatic amines is 1. The molecule has 5 nitrogen and oxygen atoms in total. The number of rotatable bonds is 3. The number of Topliss-reactive ketones (excluding diaryl/α,β-unsaturated/α-hetero) is 1. The molecule has 1 aliphatic rings. The first-order chi connectivity index (χ1) is 11.5. The number of hydrogen-bond donors (Lipinski definition) is 1. The van der Waals surface area contributed by atoms with E-state index in [0.29, 0.717) is 29.4 Å². The third-order valence-corrected chi connectivity index (χ3v) is 4.80. The molecule has 0 saturated carbocycles. The zero-order valence-electron chi connectivity index (χ0n) is 13.8. The van der Waals surface area contributed by atoms with E-state index in [1.165, 1.54) is 6.33 Å². The quantitative estimate of drug-likeness (QED) is 0.867. The molecule has 2 aromatic rings. The molecule has 1 atom stereocenters. The molecular formula is C18H20ClN3O2. The van der Waals surface area contributed by atoms with Crippen molar-refractivity contribution in [2.45, 2.75) is 26.7 Å². The predicted molar refractivity (Wildman–Crippen MR) is 92.5 cm³/mol. The highest BCUT2D eigenvalue weighted by molar-refractivity contribution is 6.30. The Morgan fingerprint density at radius 2 is 2.12 bits per heavy atom. The zero-order valence-corrected chi connectivity index (χ0v) is 14.6. The molecular weight excluding hydrogens is 326 g/mol. The number of ketones is 1. The molecule has 3 rings (SSSR count). The number of nitrogens with zero attached hydrogens (tertiary/aromatic N) is 2. The van der Waals surface area contributed by atoms with E-state index in [9.17, 15) is 9.59 Å². The van der Waals surface area contributed by atoms with Crippen molar-refractivity contribution in [2.24, 2.45) is 5.92 Å². The summed E-state index contributed by atoms with van der Waals surface area (Å²) in [4.78, 5) is 34.2. The smallest absolute Gasteiger partial charge is 0.274 e. The Labute approximate surface area is 146 Å². The van der Waals surface area contributed by atoms with E-state index < -0.39 is 0 Å². The summed E-state index contributed by atoms with van der Waals surface area (Å²) >= 11 is 5.97. The van der Waals surface area contributed by atoms with Crippen molar-refractivity contribution >= 4 is 23.3 Å². The number of carbonyl (C=O) groups excluding carboxylic acids is 2. The third kappa shape index (κ3) is 3.22. The molecule has 0 bridgehead atoms. The summed E-state index contributed by atoms with van der Waals surface area (Å²) in [7, 11) is 0. The Morgan fingerprint density at radius 3 is 2.79 bits per heavy atom. The van der Waals surface area contributed by atoms with Crippen molar-refractivity contribution in [3.8, 4) is 0 Å². The van der Waals surface area contributed by atoms with Crippen LogP contribution in [-0.2, 0) is 0 Å². The number of hydrogen-bond acceptors (Lipinski definition) is 3. The Kier molecular flexibility index (Phi) is 4.71. The number of amides is 1. The van der Waals surface area contributed by atoms with Gasteiger partial charge in [0.2, 0.25) is 0 Å². The van der Waals surface area contributed by atoms with Gasteiger partial charge in [-0.25, -0.2) is 4.98 Å². The molecule has 0 spiro atoms. The molecule has 1 fully saturated rings. The fraction of sp³-hybridized carbons (Fsp3) is 0.389. The van der Waals surface area contributed by atoms with E-state index in [1.807, 2.05) is 13.8 Å². The van der Waals surface area contributed by atoms with E-state index in [0.717, 1.165) is 24.1 Å². The van der Waals surface area contributed by atoms with Crippen molar-refractivity contribution in [3.05, 3.63) is 52.1 Å². The first-order valence-corrected chi connectivity index (χ1v) is 8.44. The van der Waals surface area contributed by atoms with Crippen LogP contribution in [0.3, 0.4) is 0 Å². The number of benzene rings is 1. The fourth-order valence-electron chi connectivity index (χ4n) is 3.22. The average molecular weight is 346 g/mol. The summed E-state index contributed by atoms with van der Waals surface area (Å²) in [5.41, 5.74) is 2.75. The maximum atomic E-state index is 12.9. The fourth-order valence-corrected chi connectivity index (χ4v) is 3.45. The molecule has 1 aromatic heterocycles. The molecule has 24 heavy (non-hydrogen) atoms. The molecule has 6 heteroatoms. The molecule has 1 N–H and O–H groups in total. The van der Waals surface area contributed by atoms with Gasteiger partial charge >= 0.3 is 0 Å². The van der Waals surface area contributed by atoms with Gasteiger partial charge in [0.05, 0.1) is 6.33 Å². The lowest BCUT2D eigenvalue weighted by molar-refractivity contribution is 0.0632. The Bertz CT molecular complexity index is 784. The lowest BCUT2D eigenvalue weighted by Gasteiger charge is -2.32. The number of imidazole rings is 1. The normalized spacial score (nSPS) is 17.8. The van der Waals surface area contributed by atoms with Gasteiger partial charge < -0.3 is 9.88 Å². The highest BCUT2D eigenvalue weighted by atomic mass is 35.5. The van der Waals surface area contributed by atoms with Crippen LogP contribution in [0.2, 0.25) is 5.02 Å². The first kappa shape index (κ1) is 16.7. The topological polar surface area (TPSA) is 66.1 Å². The van der Waals surface area contributed by atoms with Crippen LogP contribution in [0.25, 0.3) is 0 Å². The number of nitrogens with one attached hydrogen (secondary N) is 1. The minimum absolute atomic E-state index is 0.0837. The molecule has 0 aliphatic carbocycles. The Balaban J connectivity index is 1.77. The number of carbonyl (C=O) groups is 2. The number of likely N-dealkylation sites (tertiary alicyclic amines) is 1. The highest BCUT2D eigenvalue weighted by Crippen LogP contribution is 2.25. The van der Waals surface area contributed by atoms with Gasteiger partial charge in [-0.1, -0.05) is 11.6 Å². The molecule has 0 radical (unpaired) electrons. The largest absolute Gasteiger partial charge is 0.348 e. The monoisotopic (exact) mass is 345 g/mol. The Hall–Kier alpha value is -2.14. The average Bonchev–Trinajstić information content (AvgIpc) is 3.00. The second-order valence-electron chi connectivity index (χ2n) is 6.29. The molecule has 1 saturated heterocycles. The van der Waals surface area contributed by atoms with Crippen molar-refractivity contribution in [1.82, 2.24) is 14.9 Å². The summed E-state index contributed by atoms with van der Waals surface area (Å²) in [5, 5.41) is 0.624. The Morgan fingerprint density at radius 1 is 1.33 bits per heavy atom. The maximum absolute atomic E-state index is 12.9. The molecule has 126 valence electrons. The number of aryl methyl sites for hydroxylation is 2. The van der Waals surface area contributed by atoms with Crippen LogP contribution < -0.4 is 0 Å². The van der Waals surface area contributed by atoms with Crippen LogP contribution >= 0.6 is 11.6 Å². The molecule has 1 amide bonds. The van der Waals surface area contributed by atoms with Gasteiger partial charge in [0.1, 0.15) is 5.69 Å². The van der Waals surface area contributed by atoms with Gasteiger partial charge in [0, 0.05) is 35.3 Å². The standard InChI is InChI=1S/C18H20ClN3O2/c1-11-8-14(19)5-6-15(11)17(23)13-4-3-7-22(9-13)18(24)16-12(2)20-10-21-16/h5-6,8,10,13H,3-4,7,9H2,1-2H3,(H,20,21)/t13-/m1/s1. The van der Waals surface area contributed by atoms with Crippen molar-refractivity contribution in [3.63, 3.8) is 0 Å². The maximum Gasteiger partial charge on any atom is 0.274 e. The number of halogens is 1. The van der Waals surface area contributed by atoms with Crippen LogP contribution in [0.1, 0.15) is 44.9 Å². The van der Waals surface area contributed by atoms with E-state index in [1.54, 1.807) is 23.1 Å². The second kappa shape index (κ2) is 6.77. The summed E-state index contributed by atoms with van der Waals surface area (Å²) in [5.74, 6) is -0.207. The van der Waals surface area contributed by atoms with E-state index in [-0.39, 0.29) is 17.6 Å². The van der Waals surface area contributed by atoms with E-state index >= 15 is 0 Å². The lowest BCUT2D eigenvalue weighted by Crippen LogP contribution is -2.42. The first-order valence-electron chi connectivity index (χ1n) is 8.07. The van der Waals surface area contributed by atoms with Crippen molar-refractivity contribution < 1.29 is 9.59 Å². The van der Waals surface area contributed by atoms with Gasteiger partial charge in [-0.15, -0.1) is 0 Å². The SMILES string of the molecule is Cc1cc(Cl)ccc1C(=O)[C@@H]1CCCN(C(=O)c2nc[nH]c2C)C1. The van der Waals surface area contributed by atoms with E-state index in [2.05, 4.69) is 9.97 Å². The number of piperidine rings is 1. The summed E-state index contributed by atoms with van der Waals surface area (Å²) < 4.78 is 0. The second-order valence-corrected chi connectivity index (χ2v) is 6.73.